The standard InChI is InChI=1S/C17H17BrClNO3/c1-2-23-17(22)16(21)15(11-3-5-12(18)6-4-11)20-14-9-7-13(19)8-10-14/h3-10,15-16,20-21H,2H2,1H3/t15-,16+/m0/s1. The number of benzene rings is 2. The lowest BCUT2D eigenvalue weighted by Gasteiger charge is -2.24. The fraction of sp³-hybridized carbons (Fsp3) is 0.235. The molecule has 0 saturated carbocycles. The van der Waals surface area contributed by atoms with Crippen LogP contribution in [0.25, 0.3) is 0 Å². The Morgan fingerprint density at radius 3 is 2.39 bits per heavy atom. The van der Waals surface area contributed by atoms with Gasteiger partial charge in [0, 0.05) is 15.2 Å². The van der Waals surface area contributed by atoms with Crippen LogP contribution in [0.2, 0.25) is 5.02 Å². The molecule has 2 aromatic carbocycles. The summed E-state index contributed by atoms with van der Waals surface area (Å²) in [4.78, 5) is 11.9. The minimum atomic E-state index is -1.33. The molecule has 2 atom stereocenters. The summed E-state index contributed by atoms with van der Waals surface area (Å²) < 4.78 is 5.84. The summed E-state index contributed by atoms with van der Waals surface area (Å²) in [5.74, 6) is -0.665. The van der Waals surface area contributed by atoms with E-state index in [1.165, 1.54) is 0 Å². The number of carbonyl (C=O) groups is 1. The van der Waals surface area contributed by atoms with Crippen molar-refractivity contribution in [1.29, 1.82) is 0 Å². The molecule has 4 nitrogen and oxygen atoms in total. The van der Waals surface area contributed by atoms with Crippen LogP contribution in [0.15, 0.2) is 53.0 Å². The van der Waals surface area contributed by atoms with Crippen molar-refractivity contribution in [1.82, 2.24) is 0 Å². The van der Waals surface area contributed by atoms with Crippen LogP contribution in [0, 0.1) is 0 Å². The van der Waals surface area contributed by atoms with Gasteiger partial charge >= 0.3 is 5.97 Å². The van der Waals surface area contributed by atoms with Gasteiger partial charge in [0.25, 0.3) is 0 Å². The van der Waals surface area contributed by atoms with Gasteiger partial charge in [0.15, 0.2) is 6.10 Å². The summed E-state index contributed by atoms with van der Waals surface area (Å²) in [6.07, 6.45) is -1.33. The molecule has 2 N–H and O–H groups in total. The third-order valence-electron chi connectivity index (χ3n) is 3.24. The predicted octanol–water partition coefficient (Wildman–Crippen LogP) is 4.18. The topological polar surface area (TPSA) is 58.6 Å². The highest BCUT2D eigenvalue weighted by molar-refractivity contribution is 9.10. The highest BCUT2D eigenvalue weighted by Crippen LogP contribution is 2.26. The highest BCUT2D eigenvalue weighted by Gasteiger charge is 2.28. The fourth-order valence-corrected chi connectivity index (χ4v) is 2.49. The van der Waals surface area contributed by atoms with Gasteiger partial charge in [-0.15, -0.1) is 0 Å². The van der Waals surface area contributed by atoms with E-state index in [2.05, 4.69) is 21.2 Å². The zero-order valence-corrected chi connectivity index (χ0v) is 14.8. The maximum absolute atomic E-state index is 11.9. The molecule has 0 radical (unpaired) electrons. The van der Waals surface area contributed by atoms with Gasteiger partial charge in [0.2, 0.25) is 0 Å². The van der Waals surface area contributed by atoms with Crippen molar-refractivity contribution in [3.63, 3.8) is 0 Å². The molecular formula is C17H17BrClNO3. The minimum Gasteiger partial charge on any atom is -0.464 e. The van der Waals surface area contributed by atoms with Crippen LogP contribution in [0.4, 0.5) is 5.69 Å². The minimum absolute atomic E-state index is 0.212. The fourth-order valence-electron chi connectivity index (χ4n) is 2.10. The number of hydrogen-bond donors (Lipinski definition) is 2. The Hall–Kier alpha value is -1.56. The number of aliphatic hydroxyl groups is 1. The molecule has 0 aliphatic rings. The van der Waals surface area contributed by atoms with Gasteiger partial charge in [0.05, 0.1) is 12.6 Å². The summed E-state index contributed by atoms with van der Waals surface area (Å²) in [6.45, 7) is 1.91. The van der Waals surface area contributed by atoms with Gasteiger partial charge < -0.3 is 15.2 Å². The van der Waals surface area contributed by atoms with Crippen LogP contribution in [-0.4, -0.2) is 23.8 Å². The van der Waals surface area contributed by atoms with Crippen molar-refractivity contribution in [3.8, 4) is 0 Å². The number of esters is 1. The number of carbonyl (C=O) groups excluding carboxylic acids is 1. The largest absolute Gasteiger partial charge is 0.464 e. The Balaban J connectivity index is 2.28. The molecule has 122 valence electrons. The smallest absolute Gasteiger partial charge is 0.337 e. The molecule has 0 saturated heterocycles. The molecule has 0 heterocycles. The molecule has 2 aromatic rings. The summed E-state index contributed by atoms with van der Waals surface area (Å²) in [7, 11) is 0. The second-order valence-corrected chi connectivity index (χ2v) is 6.23. The number of aliphatic hydroxyl groups excluding tert-OH is 1. The van der Waals surface area contributed by atoms with E-state index in [9.17, 15) is 9.90 Å². The molecule has 0 unspecified atom stereocenters. The van der Waals surface area contributed by atoms with Crippen LogP contribution >= 0.6 is 27.5 Å². The lowest BCUT2D eigenvalue weighted by atomic mass is 10.0. The zero-order chi connectivity index (χ0) is 16.8. The van der Waals surface area contributed by atoms with Crippen molar-refractivity contribution >= 4 is 39.2 Å². The van der Waals surface area contributed by atoms with Gasteiger partial charge in [-0.25, -0.2) is 4.79 Å². The summed E-state index contributed by atoms with van der Waals surface area (Å²) in [5.41, 5.74) is 1.51. The molecule has 0 aliphatic carbocycles. The number of anilines is 1. The van der Waals surface area contributed by atoms with Crippen LogP contribution in [0.3, 0.4) is 0 Å². The first-order chi connectivity index (χ1) is 11.0. The van der Waals surface area contributed by atoms with Gasteiger partial charge in [-0.05, 0) is 48.9 Å². The van der Waals surface area contributed by atoms with E-state index in [1.807, 2.05) is 24.3 Å². The maximum atomic E-state index is 11.9. The average Bonchev–Trinajstić information content (AvgIpc) is 2.55. The second-order valence-electron chi connectivity index (χ2n) is 4.88. The van der Waals surface area contributed by atoms with Gasteiger partial charge in [-0.2, -0.15) is 0 Å². The van der Waals surface area contributed by atoms with Gasteiger partial charge in [0.1, 0.15) is 0 Å². The van der Waals surface area contributed by atoms with Crippen molar-refractivity contribution in [3.05, 3.63) is 63.6 Å². The molecule has 23 heavy (non-hydrogen) atoms. The zero-order valence-electron chi connectivity index (χ0n) is 12.5. The second kappa shape index (κ2) is 8.34. The number of halogens is 2. The van der Waals surface area contributed by atoms with E-state index in [1.54, 1.807) is 31.2 Å². The number of ether oxygens (including phenoxy) is 1. The van der Waals surface area contributed by atoms with E-state index < -0.39 is 18.1 Å². The SMILES string of the molecule is CCOC(=O)[C@H](O)[C@@H](Nc1ccc(Cl)cc1)c1ccc(Br)cc1. The Labute approximate surface area is 148 Å². The monoisotopic (exact) mass is 397 g/mol. The van der Waals surface area contributed by atoms with E-state index >= 15 is 0 Å². The predicted molar refractivity (Wildman–Crippen MR) is 94.6 cm³/mol. The molecule has 0 fully saturated rings. The lowest BCUT2D eigenvalue weighted by Crippen LogP contribution is -2.34. The van der Waals surface area contributed by atoms with E-state index in [0.717, 1.165) is 15.7 Å². The summed E-state index contributed by atoms with van der Waals surface area (Å²) in [6, 6.07) is 13.8. The molecule has 0 aliphatic heterocycles. The van der Waals surface area contributed by atoms with Crippen molar-refractivity contribution < 1.29 is 14.6 Å². The summed E-state index contributed by atoms with van der Waals surface area (Å²) >= 11 is 9.25. The van der Waals surface area contributed by atoms with Crippen LogP contribution < -0.4 is 5.32 Å². The number of nitrogens with one attached hydrogen (secondary N) is 1. The summed E-state index contributed by atoms with van der Waals surface area (Å²) in [5, 5.41) is 14.1. The first-order valence-electron chi connectivity index (χ1n) is 7.13. The molecular weight excluding hydrogens is 382 g/mol. The molecule has 0 amide bonds. The molecule has 6 heteroatoms. The molecule has 0 aromatic heterocycles. The molecule has 0 bridgehead atoms. The average molecular weight is 399 g/mol. The molecule has 0 spiro atoms. The first-order valence-corrected chi connectivity index (χ1v) is 8.30. The van der Waals surface area contributed by atoms with Crippen molar-refractivity contribution in [2.75, 3.05) is 11.9 Å². The normalized spacial score (nSPS) is 13.2. The van der Waals surface area contributed by atoms with Crippen LogP contribution in [0.5, 0.6) is 0 Å². The number of rotatable bonds is 6. The Morgan fingerprint density at radius 1 is 1.22 bits per heavy atom. The Bertz CT molecular complexity index is 646. The van der Waals surface area contributed by atoms with Gasteiger partial charge in [-0.1, -0.05) is 39.7 Å². The van der Waals surface area contributed by atoms with Crippen molar-refractivity contribution in [2.45, 2.75) is 19.1 Å². The highest BCUT2D eigenvalue weighted by atomic mass is 79.9. The molecule has 2 rings (SSSR count). The van der Waals surface area contributed by atoms with E-state index in [0.29, 0.717) is 5.02 Å². The third kappa shape index (κ3) is 4.96. The van der Waals surface area contributed by atoms with E-state index in [-0.39, 0.29) is 6.61 Å². The van der Waals surface area contributed by atoms with Crippen molar-refractivity contribution in [2.24, 2.45) is 0 Å². The van der Waals surface area contributed by atoms with Crippen LogP contribution in [0.1, 0.15) is 18.5 Å². The van der Waals surface area contributed by atoms with Crippen LogP contribution in [-0.2, 0) is 9.53 Å². The first kappa shape index (κ1) is 17.8. The van der Waals surface area contributed by atoms with Gasteiger partial charge in [-0.3, -0.25) is 0 Å². The maximum Gasteiger partial charge on any atom is 0.337 e. The third-order valence-corrected chi connectivity index (χ3v) is 4.02. The number of hydrogen-bond acceptors (Lipinski definition) is 4. The van der Waals surface area contributed by atoms with E-state index in [4.69, 9.17) is 16.3 Å². The lowest BCUT2D eigenvalue weighted by molar-refractivity contribution is -0.153. The Kier molecular flexibility index (Phi) is 6.45. The Morgan fingerprint density at radius 2 is 1.83 bits per heavy atom. The quantitative estimate of drug-likeness (QED) is 0.717.